The van der Waals surface area contributed by atoms with Crippen molar-refractivity contribution in [1.82, 2.24) is 14.5 Å². The summed E-state index contributed by atoms with van der Waals surface area (Å²) in [4.78, 5) is 17.3. The van der Waals surface area contributed by atoms with Gasteiger partial charge in [-0.25, -0.2) is 4.79 Å². The van der Waals surface area contributed by atoms with Gasteiger partial charge in [-0.3, -0.25) is 4.57 Å². The van der Waals surface area contributed by atoms with Gasteiger partial charge in [-0.2, -0.15) is 0 Å². The normalized spacial score (nSPS) is 21.1. The van der Waals surface area contributed by atoms with Gasteiger partial charge in [0.25, 0.3) is 0 Å². The number of likely N-dealkylation sites (tertiary alicyclic amines) is 1. The van der Waals surface area contributed by atoms with Crippen LogP contribution in [0.2, 0.25) is 5.02 Å². The molecular weight excluding hydrogens is 262 g/mol. The molecule has 1 aliphatic heterocycles. The van der Waals surface area contributed by atoms with Gasteiger partial charge < -0.3 is 9.88 Å². The van der Waals surface area contributed by atoms with Crippen LogP contribution < -0.4 is 5.69 Å². The number of hydrogen-bond acceptors (Lipinski definition) is 2. The van der Waals surface area contributed by atoms with Crippen molar-refractivity contribution < 1.29 is 0 Å². The van der Waals surface area contributed by atoms with Crippen molar-refractivity contribution in [2.75, 3.05) is 20.1 Å². The summed E-state index contributed by atoms with van der Waals surface area (Å²) in [5.74, 6) is 0.537. The first-order valence-corrected chi connectivity index (χ1v) is 7.08. The number of rotatable bonds is 2. The average molecular weight is 280 g/mol. The Morgan fingerprint density at radius 2 is 2.32 bits per heavy atom. The molecule has 0 radical (unpaired) electrons. The minimum absolute atomic E-state index is 0.0590. The Labute approximate surface area is 117 Å². The standard InChI is InChI=1S/C14H18ClN3O/c1-17-7-3-4-10(8-17)9-18-12-6-2-5-11(15)13(12)16-14(18)19/h2,5-6,10H,3-4,7-9H2,1H3,(H,16,19). The third kappa shape index (κ3) is 2.42. The van der Waals surface area contributed by atoms with Crippen molar-refractivity contribution >= 4 is 22.6 Å². The van der Waals surface area contributed by atoms with E-state index in [1.807, 2.05) is 16.7 Å². The van der Waals surface area contributed by atoms with Crippen molar-refractivity contribution in [2.24, 2.45) is 5.92 Å². The molecule has 3 rings (SSSR count). The van der Waals surface area contributed by atoms with Gasteiger partial charge in [-0.1, -0.05) is 17.7 Å². The second kappa shape index (κ2) is 5.02. The maximum absolute atomic E-state index is 12.1. The summed E-state index contributed by atoms with van der Waals surface area (Å²) in [6, 6.07) is 5.64. The van der Waals surface area contributed by atoms with Crippen LogP contribution in [0.5, 0.6) is 0 Å². The van der Waals surface area contributed by atoms with Gasteiger partial charge in [0.15, 0.2) is 0 Å². The van der Waals surface area contributed by atoms with Crippen LogP contribution in [0.15, 0.2) is 23.0 Å². The zero-order valence-electron chi connectivity index (χ0n) is 11.0. The first-order valence-electron chi connectivity index (χ1n) is 6.70. The van der Waals surface area contributed by atoms with E-state index in [9.17, 15) is 4.79 Å². The molecule has 0 amide bonds. The molecule has 2 heterocycles. The van der Waals surface area contributed by atoms with Gasteiger partial charge in [0, 0.05) is 13.1 Å². The third-order valence-electron chi connectivity index (χ3n) is 3.92. The minimum Gasteiger partial charge on any atom is -0.306 e. The zero-order chi connectivity index (χ0) is 13.4. The summed E-state index contributed by atoms with van der Waals surface area (Å²) in [6.45, 7) is 2.98. The number of imidazole rings is 1. The summed E-state index contributed by atoms with van der Waals surface area (Å²) in [7, 11) is 2.14. The number of piperidine rings is 1. The van der Waals surface area contributed by atoms with Gasteiger partial charge in [0.05, 0.1) is 16.1 Å². The van der Waals surface area contributed by atoms with Crippen LogP contribution >= 0.6 is 11.6 Å². The molecule has 4 nitrogen and oxygen atoms in total. The van der Waals surface area contributed by atoms with Gasteiger partial charge in [0.2, 0.25) is 0 Å². The quantitative estimate of drug-likeness (QED) is 0.917. The number of para-hydroxylation sites is 1. The summed E-state index contributed by atoms with van der Waals surface area (Å²) < 4.78 is 1.82. The fourth-order valence-corrected chi connectivity index (χ4v) is 3.22. The highest BCUT2D eigenvalue weighted by atomic mass is 35.5. The second-order valence-corrected chi connectivity index (χ2v) is 5.85. The van der Waals surface area contributed by atoms with Gasteiger partial charge in [-0.05, 0) is 44.5 Å². The fourth-order valence-electron chi connectivity index (χ4n) is 3.01. The van der Waals surface area contributed by atoms with Gasteiger partial charge in [0.1, 0.15) is 0 Å². The van der Waals surface area contributed by atoms with Crippen molar-refractivity contribution in [2.45, 2.75) is 19.4 Å². The topological polar surface area (TPSA) is 41.0 Å². The van der Waals surface area contributed by atoms with E-state index in [0.29, 0.717) is 10.9 Å². The highest BCUT2D eigenvalue weighted by Crippen LogP contribution is 2.22. The average Bonchev–Trinajstić information content (AvgIpc) is 2.69. The minimum atomic E-state index is -0.0590. The monoisotopic (exact) mass is 279 g/mol. The number of aromatic nitrogens is 2. The van der Waals surface area contributed by atoms with Crippen LogP contribution in [0, 0.1) is 5.92 Å². The lowest BCUT2D eigenvalue weighted by Gasteiger charge is -2.29. The molecule has 1 aromatic carbocycles. The van der Waals surface area contributed by atoms with Crippen molar-refractivity contribution in [3.8, 4) is 0 Å². The maximum atomic E-state index is 12.1. The fraction of sp³-hybridized carbons (Fsp3) is 0.500. The lowest BCUT2D eigenvalue weighted by Crippen LogP contribution is -2.35. The Morgan fingerprint density at radius 1 is 1.47 bits per heavy atom. The summed E-state index contributed by atoms with van der Waals surface area (Å²) in [6.07, 6.45) is 2.39. The highest BCUT2D eigenvalue weighted by molar-refractivity contribution is 6.34. The third-order valence-corrected chi connectivity index (χ3v) is 4.24. The molecule has 1 unspecified atom stereocenters. The molecular formula is C14H18ClN3O. The summed E-state index contributed by atoms with van der Waals surface area (Å²) in [5, 5.41) is 0.606. The van der Waals surface area contributed by atoms with E-state index in [0.717, 1.165) is 30.7 Å². The Hall–Kier alpha value is -1.26. The number of aromatic amines is 1. The number of hydrogen-bond donors (Lipinski definition) is 1. The van der Waals surface area contributed by atoms with Crippen molar-refractivity contribution in [3.63, 3.8) is 0 Å². The van der Waals surface area contributed by atoms with E-state index >= 15 is 0 Å². The predicted octanol–water partition coefficient (Wildman–Crippen LogP) is 2.32. The van der Waals surface area contributed by atoms with Crippen LogP contribution in [-0.4, -0.2) is 34.6 Å². The molecule has 0 bridgehead atoms. The van der Waals surface area contributed by atoms with Crippen LogP contribution in [0.4, 0.5) is 0 Å². The number of fused-ring (bicyclic) bond motifs is 1. The SMILES string of the molecule is CN1CCCC(Cn2c(=O)[nH]c3c(Cl)cccc32)C1. The van der Waals surface area contributed by atoms with E-state index in [1.54, 1.807) is 6.07 Å². The van der Waals surface area contributed by atoms with E-state index in [2.05, 4.69) is 16.9 Å². The van der Waals surface area contributed by atoms with Gasteiger partial charge >= 0.3 is 5.69 Å². The van der Waals surface area contributed by atoms with Gasteiger partial charge in [-0.15, -0.1) is 0 Å². The smallest absolute Gasteiger partial charge is 0.306 e. The van der Waals surface area contributed by atoms with E-state index in [4.69, 9.17) is 11.6 Å². The van der Waals surface area contributed by atoms with E-state index in [-0.39, 0.29) is 5.69 Å². The molecule has 0 aliphatic carbocycles. The Morgan fingerprint density at radius 3 is 3.11 bits per heavy atom. The molecule has 1 aromatic heterocycles. The first-order chi connectivity index (χ1) is 9.15. The second-order valence-electron chi connectivity index (χ2n) is 5.45. The number of nitrogens with one attached hydrogen (secondary N) is 1. The molecule has 1 fully saturated rings. The molecule has 1 N–H and O–H groups in total. The van der Waals surface area contributed by atoms with E-state index in [1.165, 1.54) is 12.8 Å². The highest BCUT2D eigenvalue weighted by Gasteiger charge is 2.19. The van der Waals surface area contributed by atoms with Crippen molar-refractivity contribution in [3.05, 3.63) is 33.7 Å². The lowest BCUT2D eigenvalue weighted by atomic mass is 9.98. The van der Waals surface area contributed by atoms with E-state index < -0.39 is 0 Å². The van der Waals surface area contributed by atoms with Crippen LogP contribution in [-0.2, 0) is 6.54 Å². The zero-order valence-corrected chi connectivity index (χ0v) is 11.8. The molecule has 0 spiro atoms. The van der Waals surface area contributed by atoms with Crippen molar-refractivity contribution in [1.29, 1.82) is 0 Å². The molecule has 5 heteroatoms. The number of benzene rings is 1. The largest absolute Gasteiger partial charge is 0.326 e. The Kier molecular flexibility index (Phi) is 3.37. The predicted molar refractivity (Wildman–Crippen MR) is 77.8 cm³/mol. The number of H-pyrrole nitrogens is 1. The number of halogens is 1. The maximum Gasteiger partial charge on any atom is 0.326 e. The summed E-state index contributed by atoms with van der Waals surface area (Å²) >= 11 is 6.12. The Bertz CT molecular complexity index is 646. The molecule has 0 saturated carbocycles. The number of nitrogens with zero attached hydrogens (tertiary/aromatic N) is 2. The molecule has 1 atom stereocenters. The summed E-state index contributed by atoms with van der Waals surface area (Å²) in [5.41, 5.74) is 1.60. The lowest BCUT2D eigenvalue weighted by molar-refractivity contribution is 0.194. The molecule has 102 valence electrons. The molecule has 1 aliphatic rings. The van der Waals surface area contributed by atoms with Crippen LogP contribution in [0.25, 0.3) is 11.0 Å². The first kappa shape index (κ1) is 12.8. The Balaban J connectivity index is 1.94. The molecule has 2 aromatic rings. The van der Waals surface area contributed by atoms with Crippen LogP contribution in [0.3, 0.4) is 0 Å². The molecule has 1 saturated heterocycles. The molecule has 19 heavy (non-hydrogen) atoms. The van der Waals surface area contributed by atoms with Crippen LogP contribution in [0.1, 0.15) is 12.8 Å².